The number of benzene rings is 4. The molecule has 0 unspecified atom stereocenters. The van der Waals surface area contributed by atoms with Crippen LogP contribution in [-0.2, 0) is 9.31 Å². The Labute approximate surface area is 218 Å². The molecule has 4 aromatic carbocycles. The monoisotopic (exact) mass is 507 g/mol. The van der Waals surface area contributed by atoms with E-state index < -0.39 is 18.3 Å². The lowest BCUT2D eigenvalue weighted by Crippen LogP contribution is -2.41. The minimum absolute atomic E-state index is 0.417. The maximum atomic E-state index is 6.62. The quantitative estimate of drug-likeness (QED) is 0.244. The van der Waals surface area contributed by atoms with Crippen molar-refractivity contribution in [1.82, 2.24) is 0 Å². The summed E-state index contributed by atoms with van der Waals surface area (Å²) in [4.78, 5) is 0. The van der Waals surface area contributed by atoms with E-state index in [1.807, 2.05) is 22.7 Å². The van der Waals surface area contributed by atoms with Gasteiger partial charge in [-0.1, -0.05) is 54.6 Å². The van der Waals surface area contributed by atoms with Gasteiger partial charge < -0.3 is 14.6 Å². The Bertz CT molecular complexity index is 1780. The summed E-state index contributed by atoms with van der Waals surface area (Å²) in [6, 6.07) is 28.2. The molecule has 1 N–H and O–H groups in total. The third kappa shape index (κ3) is 3.25. The molecular weight excluding hydrogens is 481 g/mol. The number of rotatable bonds is 3. The predicted molar refractivity (Wildman–Crippen MR) is 158 cm³/mol. The molecule has 0 amide bonds. The predicted octanol–water partition coefficient (Wildman–Crippen LogP) is 8.47. The Kier molecular flexibility index (Phi) is 4.83. The van der Waals surface area contributed by atoms with E-state index in [9.17, 15) is 0 Å². The van der Waals surface area contributed by atoms with Crippen LogP contribution in [0.1, 0.15) is 27.7 Å². The fourth-order valence-electron chi connectivity index (χ4n) is 5.10. The van der Waals surface area contributed by atoms with Crippen molar-refractivity contribution >= 4 is 87.0 Å². The lowest BCUT2D eigenvalue weighted by molar-refractivity contribution is 0.00578. The molecule has 0 radical (unpaired) electrons. The van der Waals surface area contributed by atoms with Gasteiger partial charge in [-0.3, -0.25) is 0 Å². The number of hydrogen-bond donors (Lipinski definition) is 1. The summed E-state index contributed by atoms with van der Waals surface area (Å²) in [5.41, 5.74) is 2.37. The molecule has 2 aromatic heterocycles. The molecule has 0 aliphatic carbocycles. The largest absolute Gasteiger partial charge is 0.498 e. The zero-order valence-corrected chi connectivity index (χ0v) is 22.3. The highest BCUT2D eigenvalue weighted by Gasteiger charge is 2.53. The molecule has 0 bridgehead atoms. The summed E-state index contributed by atoms with van der Waals surface area (Å²) < 4.78 is 18.3. The second-order valence-electron chi connectivity index (χ2n) is 10.5. The average molecular weight is 507 g/mol. The summed E-state index contributed by atoms with van der Waals surface area (Å²) in [5.74, 6) is 0. The molecular formula is C30H26BNO2S2. The minimum Gasteiger partial charge on any atom is -0.399 e. The van der Waals surface area contributed by atoms with Crippen molar-refractivity contribution in [3.05, 3.63) is 78.9 Å². The topological polar surface area (TPSA) is 30.5 Å². The van der Waals surface area contributed by atoms with Gasteiger partial charge in [0.25, 0.3) is 0 Å². The van der Waals surface area contributed by atoms with E-state index >= 15 is 0 Å². The fraction of sp³-hybridized carbons (Fsp3) is 0.200. The van der Waals surface area contributed by atoms with Gasteiger partial charge in [0.1, 0.15) is 0 Å². The molecule has 178 valence electrons. The van der Waals surface area contributed by atoms with Gasteiger partial charge in [-0.15, -0.1) is 22.7 Å². The standard InChI is InChI=1S/C30H26BNO2S2/c1-29(2)30(3,4)34-31(33-29)26-22(17-16-21-19-11-6-8-15-25(19)36-28(21)26)32-23-13-9-12-20-18-10-5-7-14-24(18)35-27(20)23/h5-17,32H,1-4H3. The van der Waals surface area contributed by atoms with Crippen LogP contribution in [0.4, 0.5) is 11.4 Å². The van der Waals surface area contributed by atoms with Crippen molar-refractivity contribution < 1.29 is 9.31 Å². The van der Waals surface area contributed by atoms with Crippen LogP contribution in [0.25, 0.3) is 40.3 Å². The van der Waals surface area contributed by atoms with Crippen molar-refractivity contribution in [2.75, 3.05) is 5.32 Å². The Morgan fingerprint density at radius 1 is 0.583 bits per heavy atom. The second-order valence-corrected chi connectivity index (χ2v) is 12.6. The van der Waals surface area contributed by atoms with E-state index in [1.165, 1.54) is 40.3 Å². The molecule has 0 atom stereocenters. The normalized spacial score (nSPS) is 17.1. The Morgan fingerprint density at radius 2 is 1.14 bits per heavy atom. The first-order valence-electron chi connectivity index (χ1n) is 12.3. The third-order valence-electron chi connectivity index (χ3n) is 7.75. The van der Waals surface area contributed by atoms with E-state index in [1.54, 1.807) is 0 Å². The maximum absolute atomic E-state index is 6.62. The smallest absolute Gasteiger partial charge is 0.399 e. The number of anilines is 2. The van der Waals surface area contributed by atoms with Crippen LogP contribution < -0.4 is 10.8 Å². The molecule has 7 rings (SSSR count). The molecule has 1 fully saturated rings. The van der Waals surface area contributed by atoms with E-state index in [-0.39, 0.29) is 0 Å². The van der Waals surface area contributed by atoms with Crippen LogP contribution in [0.5, 0.6) is 0 Å². The van der Waals surface area contributed by atoms with Gasteiger partial charge in [0, 0.05) is 46.8 Å². The lowest BCUT2D eigenvalue weighted by Gasteiger charge is -2.32. The number of nitrogens with one attached hydrogen (secondary N) is 1. The average Bonchev–Trinajstić information content (AvgIpc) is 3.48. The van der Waals surface area contributed by atoms with E-state index in [0.29, 0.717) is 0 Å². The van der Waals surface area contributed by atoms with Crippen LogP contribution in [0.3, 0.4) is 0 Å². The van der Waals surface area contributed by atoms with Crippen molar-refractivity contribution in [1.29, 1.82) is 0 Å². The van der Waals surface area contributed by atoms with Gasteiger partial charge in [0.05, 0.1) is 21.6 Å². The number of thiophene rings is 2. The van der Waals surface area contributed by atoms with Gasteiger partial charge in [-0.2, -0.15) is 0 Å². The van der Waals surface area contributed by atoms with E-state index in [4.69, 9.17) is 9.31 Å². The molecule has 3 heterocycles. The van der Waals surface area contributed by atoms with Gasteiger partial charge in [0.15, 0.2) is 0 Å². The van der Waals surface area contributed by atoms with Crippen LogP contribution in [0.2, 0.25) is 0 Å². The van der Waals surface area contributed by atoms with Crippen LogP contribution >= 0.6 is 22.7 Å². The summed E-state index contributed by atoms with van der Waals surface area (Å²) in [5, 5.41) is 8.89. The molecule has 1 saturated heterocycles. The molecule has 1 aliphatic heterocycles. The molecule has 6 aromatic rings. The van der Waals surface area contributed by atoms with Crippen LogP contribution in [-0.4, -0.2) is 18.3 Å². The Balaban J connectivity index is 1.44. The summed E-state index contributed by atoms with van der Waals surface area (Å²) in [6.45, 7) is 8.46. The lowest BCUT2D eigenvalue weighted by atomic mass is 9.77. The third-order valence-corrected chi connectivity index (χ3v) is 10.2. The van der Waals surface area contributed by atoms with Gasteiger partial charge in [0.2, 0.25) is 0 Å². The number of hydrogen-bond acceptors (Lipinski definition) is 5. The first-order valence-corrected chi connectivity index (χ1v) is 13.9. The zero-order chi connectivity index (χ0) is 24.7. The molecule has 0 spiro atoms. The van der Waals surface area contributed by atoms with Crippen LogP contribution in [0.15, 0.2) is 78.9 Å². The Hall–Kier alpha value is -2.90. The molecule has 6 heteroatoms. The first-order chi connectivity index (χ1) is 17.3. The second kappa shape index (κ2) is 7.80. The molecule has 1 aliphatic rings. The van der Waals surface area contributed by atoms with Crippen molar-refractivity contribution in [3.8, 4) is 0 Å². The van der Waals surface area contributed by atoms with Gasteiger partial charge >= 0.3 is 7.12 Å². The highest BCUT2D eigenvalue weighted by atomic mass is 32.1. The summed E-state index contributed by atoms with van der Waals surface area (Å²) in [7, 11) is -0.462. The van der Waals surface area contributed by atoms with Crippen molar-refractivity contribution in [2.24, 2.45) is 0 Å². The van der Waals surface area contributed by atoms with Crippen molar-refractivity contribution in [2.45, 2.75) is 38.9 Å². The molecule has 36 heavy (non-hydrogen) atoms. The van der Waals surface area contributed by atoms with Crippen molar-refractivity contribution in [3.63, 3.8) is 0 Å². The molecule has 0 saturated carbocycles. The fourth-order valence-corrected chi connectivity index (χ4v) is 7.53. The van der Waals surface area contributed by atoms with Gasteiger partial charge in [-0.05, 0) is 52.0 Å². The highest BCUT2D eigenvalue weighted by molar-refractivity contribution is 7.27. The SMILES string of the molecule is CC1(C)OB(c2c(Nc3cccc4c3sc3ccccc34)ccc3c2sc2ccccc23)OC1(C)C. The maximum Gasteiger partial charge on any atom is 0.498 e. The summed E-state index contributed by atoms with van der Waals surface area (Å²) in [6.07, 6.45) is 0. The number of fused-ring (bicyclic) bond motifs is 6. The highest BCUT2D eigenvalue weighted by Crippen LogP contribution is 2.42. The van der Waals surface area contributed by atoms with E-state index in [0.717, 1.165) is 16.8 Å². The van der Waals surface area contributed by atoms with E-state index in [2.05, 4.69) is 112 Å². The van der Waals surface area contributed by atoms with Crippen LogP contribution in [0, 0.1) is 0 Å². The minimum atomic E-state index is -0.462. The zero-order valence-electron chi connectivity index (χ0n) is 20.7. The first kappa shape index (κ1) is 22.3. The summed E-state index contributed by atoms with van der Waals surface area (Å²) >= 11 is 3.64. The molecule has 3 nitrogen and oxygen atoms in total. The van der Waals surface area contributed by atoms with Gasteiger partial charge in [-0.25, -0.2) is 0 Å². The Morgan fingerprint density at radius 3 is 1.81 bits per heavy atom.